The summed E-state index contributed by atoms with van der Waals surface area (Å²) < 4.78 is 1.57. The van der Waals surface area contributed by atoms with Gasteiger partial charge < -0.3 is 5.32 Å². The van der Waals surface area contributed by atoms with Crippen LogP contribution in [0.2, 0.25) is 0 Å². The fraction of sp³-hybridized carbons (Fsp3) is 0.412. The Balaban J connectivity index is 1.68. The van der Waals surface area contributed by atoms with Gasteiger partial charge in [0.1, 0.15) is 6.33 Å². The quantitative estimate of drug-likeness (QED) is 0.881. The van der Waals surface area contributed by atoms with E-state index in [1.54, 1.807) is 4.68 Å². The van der Waals surface area contributed by atoms with Crippen molar-refractivity contribution in [2.45, 2.75) is 27.7 Å². The highest BCUT2D eigenvalue weighted by molar-refractivity contribution is 5.95. The van der Waals surface area contributed by atoms with Gasteiger partial charge in [-0.25, -0.2) is 4.68 Å². The molecule has 0 spiro atoms. The molecule has 23 heavy (non-hydrogen) atoms. The van der Waals surface area contributed by atoms with Crippen LogP contribution in [0.3, 0.4) is 0 Å². The third-order valence-electron chi connectivity index (χ3n) is 4.45. The summed E-state index contributed by atoms with van der Waals surface area (Å²) in [5.41, 5.74) is 2.91. The number of benzene rings is 1. The second-order valence-corrected chi connectivity index (χ2v) is 6.86. The lowest BCUT2D eigenvalue weighted by Gasteiger charge is -2.07. The van der Waals surface area contributed by atoms with Crippen molar-refractivity contribution in [2.24, 2.45) is 17.3 Å². The zero-order chi connectivity index (χ0) is 16.6. The zero-order valence-electron chi connectivity index (χ0n) is 13.8. The molecule has 1 amide bonds. The Bertz CT molecular complexity index is 727. The van der Waals surface area contributed by atoms with Crippen LogP contribution in [0, 0.1) is 17.3 Å². The lowest BCUT2D eigenvalue weighted by atomic mass is 10.1. The molecule has 6 heteroatoms. The molecule has 0 radical (unpaired) electrons. The number of aromatic nitrogens is 4. The van der Waals surface area contributed by atoms with Crippen molar-refractivity contribution >= 4 is 11.6 Å². The number of hydrogen-bond donors (Lipinski definition) is 1. The van der Waals surface area contributed by atoms with Gasteiger partial charge in [0.05, 0.1) is 11.6 Å². The van der Waals surface area contributed by atoms with Gasteiger partial charge in [-0.3, -0.25) is 4.79 Å². The zero-order valence-corrected chi connectivity index (χ0v) is 13.8. The smallest absolute Gasteiger partial charge is 0.228 e. The molecule has 6 nitrogen and oxygen atoms in total. The topological polar surface area (TPSA) is 72.7 Å². The van der Waals surface area contributed by atoms with Crippen LogP contribution in [-0.2, 0) is 4.79 Å². The van der Waals surface area contributed by atoms with E-state index in [2.05, 4.69) is 54.6 Å². The largest absolute Gasteiger partial charge is 0.326 e. The number of nitrogens with one attached hydrogen (secondary N) is 1. The van der Waals surface area contributed by atoms with Crippen LogP contribution in [0.4, 0.5) is 5.69 Å². The van der Waals surface area contributed by atoms with E-state index in [1.807, 2.05) is 24.3 Å². The maximum Gasteiger partial charge on any atom is 0.228 e. The number of anilines is 1. The van der Waals surface area contributed by atoms with Gasteiger partial charge in [0.2, 0.25) is 5.91 Å². The van der Waals surface area contributed by atoms with E-state index in [-0.39, 0.29) is 17.2 Å². The highest BCUT2D eigenvalue weighted by Crippen LogP contribution is 2.59. The number of rotatable bonds is 4. The molecular weight excluding hydrogens is 290 g/mol. The second kappa shape index (κ2) is 5.61. The van der Waals surface area contributed by atoms with E-state index in [4.69, 9.17) is 0 Å². The molecule has 2 unspecified atom stereocenters. The van der Waals surface area contributed by atoms with Crippen molar-refractivity contribution in [1.82, 2.24) is 20.2 Å². The molecule has 1 aliphatic carbocycles. The number of nitrogens with zero attached hydrogens (tertiary/aromatic N) is 4. The van der Waals surface area contributed by atoms with Gasteiger partial charge in [0.15, 0.2) is 0 Å². The number of carbonyl (C=O) groups is 1. The number of allylic oxidation sites excluding steroid dienone is 2. The fourth-order valence-corrected chi connectivity index (χ4v) is 3.05. The van der Waals surface area contributed by atoms with Crippen molar-refractivity contribution < 1.29 is 4.79 Å². The fourth-order valence-electron chi connectivity index (χ4n) is 3.05. The summed E-state index contributed by atoms with van der Waals surface area (Å²) in [4.78, 5) is 12.5. The van der Waals surface area contributed by atoms with E-state index in [0.717, 1.165) is 11.4 Å². The molecule has 1 aromatic carbocycles. The number of tetrazole rings is 1. The van der Waals surface area contributed by atoms with E-state index in [1.165, 1.54) is 11.9 Å². The Hall–Kier alpha value is -2.50. The summed E-state index contributed by atoms with van der Waals surface area (Å²) in [5.74, 6) is 0.414. The maximum absolute atomic E-state index is 12.5. The van der Waals surface area contributed by atoms with Crippen LogP contribution in [0.1, 0.15) is 27.7 Å². The molecule has 1 saturated carbocycles. The maximum atomic E-state index is 12.5. The van der Waals surface area contributed by atoms with Gasteiger partial charge in [-0.2, -0.15) is 0 Å². The molecule has 1 aliphatic rings. The van der Waals surface area contributed by atoms with Gasteiger partial charge in [0.25, 0.3) is 0 Å². The molecular formula is C17H21N5O. The summed E-state index contributed by atoms with van der Waals surface area (Å²) in [6.07, 6.45) is 3.73. The lowest BCUT2D eigenvalue weighted by Crippen LogP contribution is -2.16. The third-order valence-corrected chi connectivity index (χ3v) is 4.45. The number of hydrogen-bond acceptors (Lipinski definition) is 4. The highest BCUT2D eigenvalue weighted by Gasteiger charge is 2.60. The Labute approximate surface area is 135 Å². The normalized spacial score (nSPS) is 21.6. The van der Waals surface area contributed by atoms with Crippen LogP contribution in [0.15, 0.2) is 42.2 Å². The number of carbonyl (C=O) groups excluding carboxylic acids is 1. The Morgan fingerprint density at radius 3 is 2.52 bits per heavy atom. The minimum absolute atomic E-state index is 0.0215. The van der Waals surface area contributed by atoms with Gasteiger partial charge >= 0.3 is 0 Å². The molecule has 0 aliphatic heterocycles. The van der Waals surface area contributed by atoms with Gasteiger partial charge in [-0.1, -0.05) is 25.5 Å². The van der Waals surface area contributed by atoms with Crippen molar-refractivity contribution in [1.29, 1.82) is 0 Å². The molecule has 1 N–H and O–H groups in total. The van der Waals surface area contributed by atoms with Crippen LogP contribution >= 0.6 is 0 Å². The van der Waals surface area contributed by atoms with Crippen LogP contribution < -0.4 is 5.32 Å². The van der Waals surface area contributed by atoms with Gasteiger partial charge in [-0.15, -0.1) is 5.10 Å². The third kappa shape index (κ3) is 3.02. The van der Waals surface area contributed by atoms with E-state index in [9.17, 15) is 4.79 Å². The van der Waals surface area contributed by atoms with Crippen molar-refractivity contribution in [2.75, 3.05) is 5.32 Å². The molecule has 0 saturated heterocycles. The van der Waals surface area contributed by atoms with E-state index < -0.39 is 0 Å². The molecule has 1 heterocycles. The molecule has 3 rings (SSSR count). The van der Waals surface area contributed by atoms with E-state index >= 15 is 0 Å². The van der Waals surface area contributed by atoms with Crippen LogP contribution in [0.25, 0.3) is 5.69 Å². The SMILES string of the molecule is CC(C)=CC1C(C(=O)Nc2ccc(-n3cnnn3)cc2)C1(C)C. The first-order valence-electron chi connectivity index (χ1n) is 7.69. The van der Waals surface area contributed by atoms with Gasteiger partial charge in [-0.05, 0) is 59.9 Å². The molecule has 2 aromatic rings. The predicted octanol–water partition coefficient (Wildman–Crippen LogP) is 2.84. The van der Waals surface area contributed by atoms with Crippen LogP contribution in [-0.4, -0.2) is 26.1 Å². The summed E-state index contributed by atoms with van der Waals surface area (Å²) in [6, 6.07) is 7.47. The summed E-state index contributed by atoms with van der Waals surface area (Å²) in [5, 5.41) is 14.1. The lowest BCUT2D eigenvalue weighted by molar-refractivity contribution is -0.118. The Morgan fingerprint density at radius 2 is 1.96 bits per heavy atom. The standard InChI is InChI=1S/C17H21N5O/c1-11(2)9-14-15(17(14,3)4)16(23)19-12-5-7-13(8-6-12)22-10-18-20-21-22/h5-10,14-15H,1-4H3,(H,19,23). The van der Waals surface area contributed by atoms with E-state index in [0.29, 0.717) is 5.92 Å². The molecule has 1 aromatic heterocycles. The summed E-state index contributed by atoms with van der Waals surface area (Å²) >= 11 is 0. The van der Waals surface area contributed by atoms with Crippen LogP contribution in [0.5, 0.6) is 0 Å². The molecule has 120 valence electrons. The van der Waals surface area contributed by atoms with Crippen molar-refractivity contribution in [3.05, 3.63) is 42.2 Å². The summed E-state index contributed by atoms with van der Waals surface area (Å²) in [7, 11) is 0. The minimum atomic E-state index is 0.0215. The average Bonchev–Trinajstić information content (AvgIpc) is 2.88. The number of amides is 1. The Kier molecular flexibility index (Phi) is 3.75. The van der Waals surface area contributed by atoms with Crippen molar-refractivity contribution in [3.8, 4) is 5.69 Å². The molecule has 0 bridgehead atoms. The summed E-state index contributed by atoms with van der Waals surface area (Å²) in [6.45, 7) is 8.42. The predicted molar refractivity (Wildman–Crippen MR) is 88.0 cm³/mol. The van der Waals surface area contributed by atoms with Crippen molar-refractivity contribution in [3.63, 3.8) is 0 Å². The average molecular weight is 311 g/mol. The second-order valence-electron chi connectivity index (χ2n) is 6.86. The molecule has 2 atom stereocenters. The Morgan fingerprint density at radius 1 is 1.26 bits per heavy atom. The first-order chi connectivity index (χ1) is 10.9. The molecule has 1 fully saturated rings. The minimum Gasteiger partial charge on any atom is -0.326 e. The highest BCUT2D eigenvalue weighted by atomic mass is 16.2. The van der Waals surface area contributed by atoms with Gasteiger partial charge in [0, 0.05) is 5.69 Å². The monoisotopic (exact) mass is 311 g/mol. The first kappa shape index (κ1) is 15.4. The first-order valence-corrected chi connectivity index (χ1v) is 7.69.